The lowest BCUT2D eigenvalue weighted by molar-refractivity contribution is -0.139. The summed E-state index contributed by atoms with van der Waals surface area (Å²) in [6.07, 6.45) is 3.14. The summed E-state index contributed by atoms with van der Waals surface area (Å²) in [5, 5.41) is 5.87. The minimum atomic E-state index is -0.410. The Hall–Kier alpha value is -2.66. The monoisotopic (exact) mass is 325 g/mol. The predicted molar refractivity (Wildman–Crippen MR) is 89.8 cm³/mol. The van der Waals surface area contributed by atoms with Crippen LogP contribution in [0.4, 0.5) is 0 Å². The van der Waals surface area contributed by atoms with E-state index in [-0.39, 0.29) is 6.61 Å². The molecule has 0 saturated carbocycles. The maximum atomic E-state index is 11.7. The van der Waals surface area contributed by atoms with E-state index in [1.807, 2.05) is 48.7 Å². The first-order valence-electron chi connectivity index (χ1n) is 7.12. The van der Waals surface area contributed by atoms with Crippen molar-refractivity contribution in [2.45, 2.75) is 13.5 Å². The quantitative estimate of drug-likeness (QED) is 0.513. The number of hydrogen-bond acceptors (Lipinski definition) is 5. The van der Waals surface area contributed by atoms with E-state index in [9.17, 15) is 4.79 Å². The Morgan fingerprint density at radius 2 is 2.22 bits per heavy atom. The van der Waals surface area contributed by atoms with Crippen LogP contribution < -0.4 is 0 Å². The summed E-state index contributed by atoms with van der Waals surface area (Å²) in [6.45, 7) is 2.09. The zero-order valence-electron chi connectivity index (χ0n) is 12.6. The van der Waals surface area contributed by atoms with Crippen LogP contribution in [0.25, 0.3) is 16.7 Å². The number of benzene rings is 1. The third-order valence-electron chi connectivity index (χ3n) is 3.14. The fourth-order valence-electron chi connectivity index (χ4n) is 2.05. The Kier molecular flexibility index (Phi) is 4.68. The van der Waals surface area contributed by atoms with Gasteiger partial charge < -0.3 is 9.26 Å². The molecular weight excluding hydrogens is 310 g/mol. The van der Waals surface area contributed by atoms with E-state index < -0.39 is 5.97 Å². The molecule has 1 aromatic carbocycles. The number of carbonyl (C=O) groups excluding carboxylic acids is 1. The van der Waals surface area contributed by atoms with Crippen molar-refractivity contribution in [1.82, 2.24) is 5.16 Å². The van der Waals surface area contributed by atoms with Crippen LogP contribution in [0, 0.1) is 6.92 Å². The number of esters is 1. The molecule has 0 bridgehead atoms. The number of carbonyl (C=O) groups is 1. The molecule has 0 radical (unpaired) electrons. The van der Waals surface area contributed by atoms with E-state index in [1.54, 1.807) is 23.5 Å². The molecular formula is C18H15NO3S. The average Bonchev–Trinajstić information content (AvgIpc) is 3.22. The Bertz CT molecular complexity index is 818. The van der Waals surface area contributed by atoms with Crippen molar-refractivity contribution in [3.63, 3.8) is 0 Å². The van der Waals surface area contributed by atoms with Crippen LogP contribution in [0.1, 0.15) is 16.8 Å². The topological polar surface area (TPSA) is 52.3 Å². The molecule has 0 unspecified atom stereocenters. The highest BCUT2D eigenvalue weighted by Gasteiger charge is 2.08. The molecule has 0 fully saturated rings. The molecule has 23 heavy (non-hydrogen) atoms. The van der Waals surface area contributed by atoms with Gasteiger partial charge in [0.05, 0.1) is 4.88 Å². The minimum Gasteiger partial charge on any atom is -0.456 e. The van der Waals surface area contributed by atoms with Crippen LogP contribution in [0.3, 0.4) is 0 Å². The van der Waals surface area contributed by atoms with Crippen molar-refractivity contribution in [3.05, 3.63) is 70.7 Å². The molecule has 2 aromatic heterocycles. The summed E-state index contributed by atoms with van der Waals surface area (Å²) in [4.78, 5) is 12.7. The van der Waals surface area contributed by atoms with Gasteiger partial charge in [-0.2, -0.15) is 0 Å². The van der Waals surface area contributed by atoms with Crippen LogP contribution >= 0.6 is 11.3 Å². The maximum Gasteiger partial charge on any atom is 0.331 e. The number of nitrogens with zero attached hydrogens (tertiary/aromatic N) is 1. The summed E-state index contributed by atoms with van der Waals surface area (Å²) in [5.74, 6) is 0.272. The second-order valence-corrected chi connectivity index (χ2v) is 5.96. The van der Waals surface area contributed by atoms with E-state index in [2.05, 4.69) is 5.16 Å². The lowest BCUT2D eigenvalue weighted by atomic mass is 10.1. The van der Waals surface area contributed by atoms with Crippen LogP contribution in [-0.4, -0.2) is 11.1 Å². The van der Waals surface area contributed by atoms with Crippen LogP contribution in [0.15, 0.2) is 58.4 Å². The standard InChI is InChI=1S/C18H15NO3S/c1-13-4-2-5-14(10-13)7-8-18(20)21-12-15-11-16(22-19-15)17-6-3-9-23-17/h2-11H,12H2,1H3/b8-7+. The smallest absolute Gasteiger partial charge is 0.331 e. The first kappa shape index (κ1) is 15.2. The zero-order chi connectivity index (χ0) is 16.1. The van der Waals surface area contributed by atoms with E-state index in [0.29, 0.717) is 11.5 Å². The van der Waals surface area contributed by atoms with Gasteiger partial charge in [-0.15, -0.1) is 11.3 Å². The Balaban J connectivity index is 1.55. The molecule has 0 amide bonds. The number of thiophene rings is 1. The van der Waals surface area contributed by atoms with Crippen molar-refractivity contribution >= 4 is 23.4 Å². The van der Waals surface area contributed by atoms with Crippen LogP contribution in [0.5, 0.6) is 0 Å². The third kappa shape index (κ3) is 4.17. The SMILES string of the molecule is Cc1cccc(/C=C/C(=O)OCc2cc(-c3cccs3)on2)c1. The largest absolute Gasteiger partial charge is 0.456 e. The van der Waals surface area contributed by atoms with E-state index in [1.165, 1.54) is 6.08 Å². The van der Waals surface area contributed by atoms with Crippen LogP contribution in [-0.2, 0) is 16.1 Å². The van der Waals surface area contributed by atoms with Gasteiger partial charge in [0.15, 0.2) is 5.76 Å². The maximum absolute atomic E-state index is 11.7. The second-order valence-electron chi connectivity index (χ2n) is 5.01. The first-order chi connectivity index (χ1) is 11.2. The second kappa shape index (κ2) is 7.07. The molecule has 3 aromatic rings. The summed E-state index contributed by atoms with van der Waals surface area (Å²) in [6, 6.07) is 13.6. The molecule has 2 heterocycles. The van der Waals surface area contributed by atoms with E-state index in [0.717, 1.165) is 16.0 Å². The molecule has 116 valence electrons. The molecule has 3 rings (SSSR count). The van der Waals surface area contributed by atoms with Gasteiger partial charge in [0.2, 0.25) is 0 Å². The molecule has 0 spiro atoms. The highest BCUT2D eigenvalue weighted by molar-refractivity contribution is 7.13. The summed E-state index contributed by atoms with van der Waals surface area (Å²) < 4.78 is 10.4. The number of ether oxygens (including phenoxy) is 1. The Morgan fingerprint density at radius 1 is 1.30 bits per heavy atom. The fourth-order valence-corrected chi connectivity index (χ4v) is 2.72. The Morgan fingerprint density at radius 3 is 3.00 bits per heavy atom. The predicted octanol–water partition coefficient (Wildman–Crippen LogP) is 4.47. The molecule has 0 aliphatic carbocycles. The number of rotatable bonds is 5. The number of aryl methyl sites for hydroxylation is 1. The van der Waals surface area contributed by atoms with Crippen molar-refractivity contribution in [2.75, 3.05) is 0 Å². The van der Waals surface area contributed by atoms with Crippen molar-refractivity contribution in [2.24, 2.45) is 0 Å². The summed E-state index contributed by atoms with van der Waals surface area (Å²) in [5.41, 5.74) is 2.69. The van der Waals surface area contributed by atoms with Crippen LogP contribution in [0.2, 0.25) is 0 Å². The third-order valence-corrected chi connectivity index (χ3v) is 4.02. The molecule has 0 aliphatic heterocycles. The fraction of sp³-hybridized carbons (Fsp3) is 0.111. The Labute approximate surface area is 138 Å². The zero-order valence-corrected chi connectivity index (χ0v) is 13.4. The van der Waals surface area contributed by atoms with Crippen molar-refractivity contribution < 1.29 is 14.1 Å². The molecule has 4 nitrogen and oxygen atoms in total. The molecule has 0 N–H and O–H groups in total. The molecule has 5 heteroatoms. The van der Waals surface area contributed by atoms with Crippen molar-refractivity contribution in [3.8, 4) is 10.6 Å². The average molecular weight is 325 g/mol. The number of hydrogen-bond donors (Lipinski definition) is 0. The van der Waals surface area contributed by atoms with Gasteiger partial charge in [-0.1, -0.05) is 41.1 Å². The summed E-state index contributed by atoms with van der Waals surface area (Å²) in [7, 11) is 0. The molecule has 0 aliphatic rings. The van der Waals surface area contributed by atoms with Gasteiger partial charge in [-0.3, -0.25) is 0 Å². The molecule has 0 atom stereocenters. The lowest BCUT2D eigenvalue weighted by Crippen LogP contribution is -2.00. The lowest BCUT2D eigenvalue weighted by Gasteiger charge is -1.98. The first-order valence-corrected chi connectivity index (χ1v) is 8.00. The van der Waals surface area contributed by atoms with Gasteiger partial charge >= 0.3 is 5.97 Å². The van der Waals surface area contributed by atoms with Gasteiger partial charge in [-0.05, 0) is 30.0 Å². The number of aromatic nitrogens is 1. The normalized spacial score (nSPS) is 11.0. The highest BCUT2D eigenvalue weighted by atomic mass is 32.1. The van der Waals surface area contributed by atoms with E-state index >= 15 is 0 Å². The minimum absolute atomic E-state index is 0.0892. The highest BCUT2D eigenvalue weighted by Crippen LogP contribution is 2.25. The summed E-state index contributed by atoms with van der Waals surface area (Å²) >= 11 is 1.57. The van der Waals surface area contributed by atoms with Crippen molar-refractivity contribution in [1.29, 1.82) is 0 Å². The van der Waals surface area contributed by atoms with Gasteiger partial charge in [0, 0.05) is 12.1 Å². The van der Waals surface area contributed by atoms with Gasteiger partial charge in [0.25, 0.3) is 0 Å². The van der Waals surface area contributed by atoms with E-state index in [4.69, 9.17) is 9.26 Å². The molecule has 0 saturated heterocycles. The van der Waals surface area contributed by atoms with Gasteiger partial charge in [-0.25, -0.2) is 4.79 Å². The van der Waals surface area contributed by atoms with Gasteiger partial charge in [0.1, 0.15) is 12.3 Å².